The fraction of sp³-hybridized carbons (Fsp3) is 0.556. The summed E-state index contributed by atoms with van der Waals surface area (Å²) in [4.78, 5) is 4.21. The average molecular weight is 164 g/mol. The molecule has 0 aromatic carbocycles. The first-order valence-electron chi connectivity index (χ1n) is 3.98. The molecule has 1 heterocycles. The molecule has 0 aliphatic rings. The van der Waals surface area contributed by atoms with Crippen molar-refractivity contribution in [2.75, 3.05) is 0 Å². The molecule has 0 bridgehead atoms. The zero-order valence-corrected chi connectivity index (χ0v) is 7.59. The van der Waals surface area contributed by atoms with Crippen LogP contribution < -0.4 is 0 Å². The van der Waals surface area contributed by atoms with Crippen LogP contribution >= 0.6 is 0 Å². The van der Waals surface area contributed by atoms with E-state index in [0.29, 0.717) is 6.42 Å². The standard InChI is InChI=1S/C9H12N2O/c1-6(2)9-11-8(4-5-10)7(3)12-9/h6H,4H2,1-3H3. The van der Waals surface area contributed by atoms with E-state index in [0.717, 1.165) is 17.3 Å². The third-order valence-electron chi connectivity index (χ3n) is 1.65. The van der Waals surface area contributed by atoms with E-state index in [1.165, 1.54) is 0 Å². The molecule has 1 aromatic rings. The van der Waals surface area contributed by atoms with Crippen LogP contribution in [0, 0.1) is 18.3 Å². The largest absolute Gasteiger partial charge is 0.445 e. The summed E-state index contributed by atoms with van der Waals surface area (Å²) >= 11 is 0. The minimum absolute atomic E-state index is 0.288. The van der Waals surface area contributed by atoms with Crippen LogP contribution in [-0.4, -0.2) is 4.98 Å². The van der Waals surface area contributed by atoms with Crippen LogP contribution in [0.1, 0.15) is 37.1 Å². The van der Waals surface area contributed by atoms with Crippen molar-refractivity contribution in [2.45, 2.75) is 33.1 Å². The van der Waals surface area contributed by atoms with E-state index in [2.05, 4.69) is 11.1 Å². The van der Waals surface area contributed by atoms with Gasteiger partial charge >= 0.3 is 0 Å². The molecule has 0 atom stereocenters. The molecule has 3 nitrogen and oxygen atoms in total. The number of aryl methyl sites for hydroxylation is 1. The number of hydrogen-bond donors (Lipinski definition) is 0. The van der Waals surface area contributed by atoms with E-state index in [1.54, 1.807) is 0 Å². The van der Waals surface area contributed by atoms with Crippen LogP contribution in [-0.2, 0) is 6.42 Å². The lowest BCUT2D eigenvalue weighted by Gasteiger charge is -1.94. The molecule has 64 valence electrons. The second kappa shape index (κ2) is 3.40. The molecule has 0 saturated carbocycles. The van der Waals surface area contributed by atoms with Gasteiger partial charge in [-0.2, -0.15) is 5.26 Å². The summed E-state index contributed by atoms with van der Waals surface area (Å²) < 4.78 is 5.37. The number of oxazole rings is 1. The molecular formula is C9H12N2O. The molecule has 0 N–H and O–H groups in total. The molecule has 0 aliphatic heterocycles. The maximum absolute atomic E-state index is 8.46. The zero-order valence-electron chi connectivity index (χ0n) is 7.59. The van der Waals surface area contributed by atoms with Crippen LogP contribution in [0.2, 0.25) is 0 Å². The van der Waals surface area contributed by atoms with Gasteiger partial charge in [0.2, 0.25) is 0 Å². The van der Waals surface area contributed by atoms with E-state index in [-0.39, 0.29) is 5.92 Å². The first kappa shape index (κ1) is 8.79. The fourth-order valence-corrected chi connectivity index (χ4v) is 0.936. The summed E-state index contributed by atoms with van der Waals surface area (Å²) in [6.07, 6.45) is 0.335. The predicted octanol–water partition coefficient (Wildman–Crippen LogP) is 2.17. The van der Waals surface area contributed by atoms with E-state index in [4.69, 9.17) is 9.68 Å². The van der Waals surface area contributed by atoms with Gasteiger partial charge in [-0.3, -0.25) is 0 Å². The summed E-state index contributed by atoms with van der Waals surface area (Å²) in [6, 6.07) is 2.05. The van der Waals surface area contributed by atoms with Crippen molar-refractivity contribution in [1.82, 2.24) is 4.98 Å². The molecule has 0 unspecified atom stereocenters. The smallest absolute Gasteiger partial charge is 0.197 e. The average Bonchev–Trinajstić information content (AvgIpc) is 2.34. The molecule has 0 saturated heterocycles. The molecule has 0 aliphatic carbocycles. The highest BCUT2D eigenvalue weighted by atomic mass is 16.4. The first-order valence-corrected chi connectivity index (χ1v) is 3.98. The van der Waals surface area contributed by atoms with Gasteiger partial charge in [0.15, 0.2) is 5.89 Å². The van der Waals surface area contributed by atoms with Gasteiger partial charge in [0, 0.05) is 5.92 Å². The zero-order chi connectivity index (χ0) is 9.14. The van der Waals surface area contributed by atoms with Crippen LogP contribution in [0.3, 0.4) is 0 Å². The lowest BCUT2D eigenvalue weighted by Crippen LogP contribution is -1.88. The molecular weight excluding hydrogens is 152 g/mol. The molecule has 12 heavy (non-hydrogen) atoms. The van der Waals surface area contributed by atoms with E-state index >= 15 is 0 Å². The van der Waals surface area contributed by atoms with Gasteiger partial charge in [-0.15, -0.1) is 0 Å². The molecule has 3 heteroatoms. The quantitative estimate of drug-likeness (QED) is 0.673. The lowest BCUT2D eigenvalue weighted by molar-refractivity contribution is 0.450. The summed E-state index contributed by atoms with van der Waals surface area (Å²) in [6.45, 7) is 5.87. The highest BCUT2D eigenvalue weighted by molar-refractivity contribution is 5.13. The highest BCUT2D eigenvalue weighted by Crippen LogP contribution is 2.17. The van der Waals surface area contributed by atoms with E-state index in [9.17, 15) is 0 Å². The summed E-state index contributed by atoms with van der Waals surface area (Å²) in [5.74, 6) is 1.77. The Morgan fingerprint density at radius 3 is 2.67 bits per heavy atom. The maximum Gasteiger partial charge on any atom is 0.197 e. The summed E-state index contributed by atoms with van der Waals surface area (Å²) in [5.41, 5.74) is 0.765. The summed E-state index contributed by atoms with van der Waals surface area (Å²) in [7, 11) is 0. The number of nitriles is 1. The maximum atomic E-state index is 8.46. The van der Waals surface area contributed by atoms with Crippen LogP contribution in [0.5, 0.6) is 0 Å². The molecule has 1 rings (SSSR count). The summed E-state index contributed by atoms with van der Waals surface area (Å²) in [5, 5.41) is 8.46. The Morgan fingerprint density at radius 1 is 1.58 bits per heavy atom. The Balaban J connectivity index is 2.94. The third-order valence-corrected chi connectivity index (χ3v) is 1.65. The van der Waals surface area contributed by atoms with Gasteiger partial charge in [0.1, 0.15) is 5.76 Å². The number of aromatic nitrogens is 1. The van der Waals surface area contributed by atoms with Gasteiger partial charge < -0.3 is 4.42 Å². The second-order valence-electron chi connectivity index (χ2n) is 3.04. The topological polar surface area (TPSA) is 49.8 Å². The molecule has 0 radical (unpaired) electrons. The second-order valence-corrected chi connectivity index (χ2v) is 3.04. The van der Waals surface area contributed by atoms with Crippen molar-refractivity contribution in [3.63, 3.8) is 0 Å². The lowest BCUT2D eigenvalue weighted by atomic mass is 10.2. The van der Waals surface area contributed by atoms with Gasteiger partial charge in [0.25, 0.3) is 0 Å². The van der Waals surface area contributed by atoms with Crippen molar-refractivity contribution >= 4 is 0 Å². The minimum Gasteiger partial charge on any atom is -0.445 e. The van der Waals surface area contributed by atoms with E-state index < -0.39 is 0 Å². The third kappa shape index (κ3) is 1.65. The normalized spacial score (nSPS) is 10.2. The van der Waals surface area contributed by atoms with Gasteiger partial charge in [-0.25, -0.2) is 4.98 Å². The van der Waals surface area contributed by atoms with Crippen molar-refractivity contribution < 1.29 is 4.42 Å². The molecule has 0 fully saturated rings. The SMILES string of the molecule is Cc1oc(C(C)C)nc1CC#N. The Bertz CT molecular complexity index is 307. The fourth-order valence-electron chi connectivity index (χ4n) is 0.936. The van der Waals surface area contributed by atoms with Crippen molar-refractivity contribution in [2.24, 2.45) is 0 Å². The van der Waals surface area contributed by atoms with Crippen LogP contribution in [0.15, 0.2) is 4.42 Å². The van der Waals surface area contributed by atoms with Crippen LogP contribution in [0.25, 0.3) is 0 Å². The Hall–Kier alpha value is -1.30. The van der Waals surface area contributed by atoms with Crippen molar-refractivity contribution in [3.05, 3.63) is 17.3 Å². The highest BCUT2D eigenvalue weighted by Gasteiger charge is 2.11. The van der Waals surface area contributed by atoms with Gasteiger partial charge in [-0.05, 0) is 6.92 Å². The molecule has 1 aromatic heterocycles. The number of nitrogens with zero attached hydrogens (tertiary/aromatic N) is 2. The van der Waals surface area contributed by atoms with Crippen molar-refractivity contribution in [3.8, 4) is 6.07 Å². The predicted molar refractivity (Wildman–Crippen MR) is 44.6 cm³/mol. The Morgan fingerprint density at radius 2 is 2.25 bits per heavy atom. The first-order chi connectivity index (χ1) is 5.65. The van der Waals surface area contributed by atoms with E-state index in [1.807, 2.05) is 20.8 Å². The van der Waals surface area contributed by atoms with Gasteiger partial charge in [-0.1, -0.05) is 13.8 Å². The minimum atomic E-state index is 0.288. The van der Waals surface area contributed by atoms with Crippen molar-refractivity contribution in [1.29, 1.82) is 5.26 Å². The molecule has 0 spiro atoms. The Labute approximate surface area is 72.0 Å². The Kier molecular flexibility index (Phi) is 2.49. The van der Waals surface area contributed by atoms with Gasteiger partial charge in [0.05, 0.1) is 18.2 Å². The molecule has 0 amide bonds. The van der Waals surface area contributed by atoms with Crippen LogP contribution in [0.4, 0.5) is 0 Å². The number of rotatable bonds is 2. The number of hydrogen-bond acceptors (Lipinski definition) is 3. The monoisotopic (exact) mass is 164 g/mol.